The fourth-order valence-electron chi connectivity index (χ4n) is 2.91. The third-order valence-electron chi connectivity index (χ3n) is 4.01. The molecule has 1 aliphatic rings. The lowest BCUT2D eigenvalue weighted by Crippen LogP contribution is -2.42. The summed E-state index contributed by atoms with van der Waals surface area (Å²) in [4.78, 5) is 47.0. The van der Waals surface area contributed by atoms with Gasteiger partial charge >= 0.3 is 11.9 Å². The van der Waals surface area contributed by atoms with Crippen LogP contribution in [-0.4, -0.2) is 53.4 Å². The highest BCUT2D eigenvalue weighted by atomic mass is 32.2. The number of fused-ring (bicyclic) bond motifs is 1. The third-order valence-corrected chi connectivity index (χ3v) is 5.18. The van der Waals surface area contributed by atoms with Crippen LogP contribution >= 0.6 is 11.8 Å². The van der Waals surface area contributed by atoms with Gasteiger partial charge in [-0.1, -0.05) is 24.3 Å². The van der Waals surface area contributed by atoms with Gasteiger partial charge in [0.25, 0.3) is 0 Å². The van der Waals surface area contributed by atoms with Gasteiger partial charge in [-0.25, -0.2) is 4.79 Å². The zero-order chi connectivity index (χ0) is 18.6. The second-order valence-electron chi connectivity index (χ2n) is 5.69. The third kappa shape index (κ3) is 4.19. The van der Waals surface area contributed by atoms with Crippen LogP contribution in [-0.2, 0) is 19.1 Å². The molecule has 0 aromatic heterocycles. The van der Waals surface area contributed by atoms with Crippen LogP contribution in [0.1, 0.15) is 28.8 Å². The number of esters is 1. The molecule has 25 heavy (non-hydrogen) atoms. The average molecular weight is 365 g/mol. The Morgan fingerprint density at radius 3 is 2.60 bits per heavy atom. The van der Waals surface area contributed by atoms with Crippen molar-refractivity contribution in [2.24, 2.45) is 5.92 Å². The molecule has 7 nitrogen and oxygen atoms in total. The standard InChI is InChI=1S/C17H19NO6S/c1-9(19)18-13(17(23)24-2)8-25-7-12-14(16(21)22)10-5-3-4-6-11(10)15(12)20/h3-6,12-14H,7-8H2,1-2H3,(H,18,19)(H,21,22)/t12?,13-,14?/m1/s1. The molecule has 0 spiro atoms. The number of nitrogens with one attached hydrogen (secondary N) is 1. The minimum absolute atomic E-state index is 0.193. The number of benzene rings is 1. The van der Waals surface area contributed by atoms with Crippen LogP contribution in [0.4, 0.5) is 0 Å². The molecule has 0 saturated carbocycles. The lowest BCUT2D eigenvalue weighted by molar-refractivity contribution is -0.144. The van der Waals surface area contributed by atoms with E-state index in [-0.39, 0.29) is 23.2 Å². The van der Waals surface area contributed by atoms with Crippen LogP contribution in [0.3, 0.4) is 0 Å². The Bertz CT molecular complexity index is 704. The van der Waals surface area contributed by atoms with Crippen LogP contribution in [0.5, 0.6) is 0 Å². The molecular weight excluding hydrogens is 346 g/mol. The topological polar surface area (TPSA) is 110 Å². The van der Waals surface area contributed by atoms with Crippen molar-refractivity contribution in [3.05, 3.63) is 35.4 Å². The van der Waals surface area contributed by atoms with Gasteiger partial charge in [0, 0.05) is 29.9 Å². The smallest absolute Gasteiger partial charge is 0.329 e. The second kappa shape index (κ2) is 8.15. The predicted octanol–water partition coefficient (Wildman–Crippen LogP) is 1.08. The van der Waals surface area contributed by atoms with Crippen molar-refractivity contribution in [2.75, 3.05) is 18.6 Å². The number of amides is 1. The molecule has 3 atom stereocenters. The van der Waals surface area contributed by atoms with E-state index >= 15 is 0 Å². The lowest BCUT2D eigenvalue weighted by Gasteiger charge is -2.18. The first-order valence-electron chi connectivity index (χ1n) is 7.65. The summed E-state index contributed by atoms with van der Waals surface area (Å²) < 4.78 is 4.64. The molecule has 0 heterocycles. The van der Waals surface area contributed by atoms with Gasteiger partial charge in [-0.15, -0.1) is 0 Å². The summed E-state index contributed by atoms with van der Waals surface area (Å²) in [5, 5.41) is 12.0. The van der Waals surface area contributed by atoms with E-state index in [0.29, 0.717) is 11.1 Å². The minimum atomic E-state index is -1.05. The Morgan fingerprint density at radius 2 is 2.00 bits per heavy atom. The van der Waals surface area contributed by atoms with Crippen molar-refractivity contribution < 1.29 is 29.0 Å². The quantitative estimate of drug-likeness (QED) is 0.696. The van der Waals surface area contributed by atoms with E-state index < -0.39 is 29.8 Å². The number of carbonyl (C=O) groups is 4. The molecule has 0 fully saturated rings. The van der Waals surface area contributed by atoms with Gasteiger partial charge in [0.2, 0.25) is 5.91 Å². The Labute approximate surface area is 149 Å². The van der Waals surface area contributed by atoms with Gasteiger partial charge in [-0.3, -0.25) is 14.4 Å². The number of carboxylic acid groups (broad SMARTS) is 1. The molecule has 0 saturated heterocycles. The fraction of sp³-hybridized carbons (Fsp3) is 0.412. The van der Waals surface area contributed by atoms with Crippen molar-refractivity contribution in [1.29, 1.82) is 0 Å². The van der Waals surface area contributed by atoms with Crippen LogP contribution in [0.25, 0.3) is 0 Å². The van der Waals surface area contributed by atoms with Crippen LogP contribution in [0.2, 0.25) is 0 Å². The SMILES string of the molecule is COC(=O)[C@@H](CSCC1C(=O)c2ccccc2C1C(=O)O)NC(C)=O. The fourth-order valence-corrected chi connectivity index (χ4v) is 4.10. The Balaban J connectivity index is 2.07. The molecule has 1 aromatic carbocycles. The second-order valence-corrected chi connectivity index (χ2v) is 6.76. The van der Waals surface area contributed by atoms with E-state index in [4.69, 9.17) is 0 Å². The number of carboxylic acids is 1. The number of aliphatic carboxylic acids is 1. The largest absolute Gasteiger partial charge is 0.481 e. The van der Waals surface area contributed by atoms with E-state index in [1.54, 1.807) is 24.3 Å². The van der Waals surface area contributed by atoms with E-state index in [2.05, 4.69) is 10.1 Å². The highest BCUT2D eigenvalue weighted by Gasteiger charge is 2.43. The van der Waals surface area contributed by atoms with Crippen molar-refractivity contribution in [3.8, 4) is 0 Å². The van der Waals surface area contributed by atoms with Gasteiger partial charge in [0.05, 0.1) is 13.0 Å². The van der Waals surface area contributed by atoms with E-state index in [0.717, 1.165) is 0 Å². The summed E-state index contributed by atoms with van der Waals surface area (Å²) in [6.07, 6.45) is 0. The predicted molar refractivity (Wildman–Crippen MR) is 91.6 cm³/mol. The molecule has 1 amide bonds. The first-order chi connectivity index (χ1) is 11.9. The van der Waals surface area contributed by atoms with Gasteiger partial charge in [0.15, 0.2) is 5.78 Å². The van der Waals surface area contributed by atoms with Gasteiger partial charge in [-0.2, -0.15) is 11.8 Å². The van der Waals surface area contributed by atoms with Gasteiger partial charge < -0.3 is 15.2 Å². The Kier molecular flexibility index (Phi) is 6.19. The number of hydrogen-bond donors (Lipinski definition) is 2. The molecule has 1 aliphatic carbocycles. The number of carbonyl (C=O) groups excluding carboxylic acids is 3. The number of methoxy groups -OCH3 is 1. The molecule has 2 unspecified atom stereocenters. The number of ketones is 1. The Morgan fingerprint density at radius 1 is 1.32 bits per heavy atom. The lowest BCUT2D eigenvalue weighted by atomic mass is 9.94. The molecule has 8 heteroatoms. The van der Waals surface area contributed by atoms with E-state index in [1.807, 2.05) is 0 Å². The zero-order valence-electron chi connectivity index (χ0n) is 13.9. The normalized spacial score (nSPS) is 19.8. The number of rotatable bonds is 7. The number of hydrogen-bond acceptors (Lipinski definition) is 6. The Hall–Kier alpha value is -2.35. The van der Waals surface area contributed by atoms with Gasteiger partial charge in [-0.05, 0) is 5.56 Å². The molecule has 0 aliphatic heterocycles. The summed E-state index contributed by atoms with van der Waals surface area (Å²) in [6.45, 7) is 1.29. The highest BCUT2D eigenvalue weighted by molar-refractivity contribution is 7.99. The summed E-state index contributed by atoms with van der Waals surface area (Å²) in [5.74, 6) is -3.37. The summed E-state index contributed by atoms with van der Waals surface area (Å²) in [6, 6.07) is 5.87. The summed E-state index contributed by atoms with van der Waals surface area (Å²) in [7, 11) is 1.22. The molecule has 2 N–H and O–H groups in total. The number of ether oxygens (including phenoxy) is 1. The maximum absolute atomic E-state index is 12.5. The maximum Gasteiger partial charge on any atom is 0.329 e. The monoisotopic (exact) mass is 365 g/mol. The summed E-state index contributed by atoms with van der Waals surface area (Å²) in [5.41, 5.74) is 0.962. The van der Waals surface area contributed by atoms with E-state index in [9.17, 15) is 24.3 Å². The first-order valence-corrected chi connectivity index (χ1v) is 8.81. The van der Waals surface area contributed by atoms with Gasteiger partial charge in [0.1, 0.15) is 6.04 Å². The number of thioether (sulfide) groups is 1. The van der Waals surface area contributed by atoms with Crippen molar-refractivity contribution >= 4 is 35.4 Å². The van der Waals surface area contributed by atoms with Crippen molar-refractivity contribution in [3.63, 3.8) is 0 Å². The molecular formula is C17H19NO6S. The first kappa shape index (κ1) is 19.0. The minimum Gasteiger partial charge on any atom is -0.481 e. The molecule has 1 aromatic rings. The molecule has 2 rings (SSSR count). The maximum atomic E-state index is 12.5. The van der Waals surface area contributed by atoms with Crippen LogP contribution in [0, 0.1) is 5.92 Å². The summed E-state index contributed by atoms with van der Waals surface area (Å²) >= 11 is 1.24. The molecule has 0 radical (unpaired) electrons. The van der Waals surface area contributed by atoms with E-state index in [1.165, 1.54) is 25.8 Å². The molecule has 134 valence electrons. The number of Topliss-reactive ketones (excluding diaryl/α,β-unsaturated/α-hetero) is 1. The molecule has 0 bridgehead atoms. The van der Waals surface area contributed by atoms with Crippen LogP contribution in [0.15, 0.2) is 24.3 Å². The van der Waals surface area contributed by atoms with Crippen molar-refractivity contribution in [1.82, 2.24) is 5.32 Å². The van der Waals surface area contributed by atoms with Crippen molar-refractivity contribution in [2.45, 2.75) is 18.9 Å². The highest BCUT2D eigenvalue weighted by Crippen LogP contribution is 2.39. The zero-order valence-corrected chi connectivity index (χ0v) is 14.7. The average Bonchev–Trinajstić information content (AvgIpc) is 2.86. The van der Waals surface area contributed by atoms with Crippen LogP contribution < -0.4 is 5.32 Å².